The Bertz CT molecular complexity index is 420. The van der Waals surface area contributed by atoms with Crippen molar-refractivity contribution in [1.29, 1.82) is 0 Å². The summed E-state index contributed by atoms with van der Waals surface area (Å²) < 4.78 is 0. The Kier molecular flexibility index (Phi) is 6.48. The van der Waals surface area contributed by atoms with E-state index in [9.17, 15) is 24.0 Å². The minimum atomic E-state index is -1.72. The summed E-state index contributed by atoms with van der Waals surface area (Å²) in [5.74, 6) is -4.94. The van der Waals surface area contributed by atoms with Crippen molar-refractivity contribution in [3.63, 3.8) is 0 Å². The van der Waals surface area contributed by atoms with Gasteiger partial charge in [-0.05, 0) is 0 Å². The minimum Gasteiger partial charge on any atom is -0.481 e. The maximum absolute atomic E-state index is 11.7. The maximum atomic E-state index is 11.7. The number of primary amides is 2. The van der Waals surface area contributed by atoms with Crippen LogP contribution in [0.25, 0.3) is 0 Å². The van der Waals surface area contributed by atoms with Crippen LogP contribution in [-0.2, 0) is 19.2 Å². The third kappa shape index (κ3) is 6.78. The van der Waals surface area contributed by atoms with Gasteiger partial charge in [0, 0.05) is 0 Å². The largest absolute Gasteiger partial charge is 0.481 e. The highest BCUT2D eigenvalue weighted by molar-refractivity contribution is 5.90. The second kappa shape index (κ2) is 7.56. The monoisotopic (exact) mass is 290 g/mol. The molecule has 0 rings (SSSR count). The van der Waals surface area contributed by atoms with Crippen molar-refractivity contribution in [3.05, 3.63) is 0 Å². The zero-order valence-electron chi connectivity index (χ0n) is 10.2. The lowest BCUT2D eigenvalue weighted by molar-refractivity contribution is -0.145. The first-order valence-electron chi connectivity index (χ1n) is 5.20. The number of amides is 4. The van der Waals surface area contributed by atoms with Crippen LogP contribution in [0.4, 0.5) is 4.79 Å². The number of carboxylic acids is 2. The molecule has 0 aromatic heterocycles. The number of carbonyl (C=O) groups is 5. The van der Waals surface area contributed by atoms with Gasteiger partial charge in [0.05, 0.1) is 6.42 Å². The van der Waals surface area contributed by atoms with Gasteiger partial charge in [-0.3, -0.25) is 14.4 Å². The third-order valence-electron chi connectivity index (χ3n) is 1.96. The normalized spacial score (nSPS) is 11.2. The van der Waals surface area contributed by atoms with Crippen molar-refractivity contribution < 1.29 is 34.2 Å². The fraction of sp³-hybridized carbons (Fsp3) is 0.444. The molecule has 0 aliphatic heterocycles. The number of aliphatic carboxylic acids is 2. The topological polar surface area (TPSA) is 193 Å². The molecule has 1 atom stereocenters. The van der Waals surface area contributed by atoms with Crippen molar-refractivity contribution in [1.82, 2.24) is 10.2 Å². The van der Waals surface area contributed by atoms with E-state index in [4.69, 9.17) is 21.7 Å². The molecule has 11 nitrogen and oxygen atoms in total. The molecule has 0 heterocycles. The van der Waals surface area contributed by atoms with Crippen LogP contribution in [0.2, 0.25) is 0 Å². The maximum Gasteiger partial charge on any atom is 0.326 e. The Morgan fingerprint density at radius 1 is 1.00 bits per heavy atom. The van der Waals surface area contributed by atoms with E-state index in [1.807, 2.05) is 5.32 Å². The first-order chi connectivity index (χ1) is 9.13. The molecule has 0 bridgehead atoms. The van der Waals surface area contributed by atoms with Crippen LogP contribution in [0, 0.1) is 0 Å². The molecule has 0 aliphatic rings. The Labute approximate surface area is 112 Å². The lowest BCUT2D eigenvalue weighted by Gasteiger charge is -2.22. The molecule has 0 fully saturated rings. The van der Waals surface area contributed by atoms with E-state index in [0.29, 0.717) is 4.90 Å². The molecule has 0 spiro atoms. The zero-order valence-corrected chi connectivity index (χ0v) is 10.2. The molecule has 0 aromatic carbocycles. The lowest BCUT2D eigenvalue weighted by atomic mass is 10.2. The number of nitrogens with one attached hydrogen (secondary N) is 1. The summed E-state index contributed by atoms with van der Waals surface area (Å²) in [6.45, 7) is -1.34. The lowest BCUT2D eigenvalue weighted by Crippen LogP contribution is -2.52. The van der Waals surface area contributed by atoms with Crippen molar-refractivity contribution in [3.8, 4) is 0 Å². The van der Waals surface area contributed by atoms with E-state index >= 15 is 0 Å². The van der Waals surface area contributed by atoms with Crippen LogP contribution in [0.15, 0.2) is 0 Å². The van der Waals surface area contributed by atoms with Crippen molar-refractivity contribution in [2.75, 3.05) is 13.1 Å². The summed E-state index contributed by atoms with van der Waals surface area (Å²) in [5.41, 5.74) is 9.71. The SMILES string of the molecule is NC(=O)CN(CC(N)=O)C(=O)NC(CC(=O)O)C(=O)O. The number of carbonyl (C=O) groups excluding carboxylic acids is 3. The second-order valence-corrected chi connectivity index (χ2v) is 3.73. The molecular formula is C9H14N4O7. The molecule has 112 valence electrons. The van der Waals surface area contributed by atoms with Gasteiger partial charge in [0.25, 0.3) is 0 Å². The molecule has 11 heteroatoms. The predicted molar refractivity (Wildman–Crippen MR) is 62.2 cm³/mol. The van der Waals surface area contributed by atoms with Gasteiger partial charge < -0.3 is 31.9 Å². The molecule has 20 heavy (non-hydrogen) atoms. The van der Waals surface area contributed by atoms with Gasteiger partial charge in [0.2, 0.25) is 11.8 Å². The van der Waals surface area contributed by atoms with Gasteiger partial charge in [-0.25, -0.2) is 9.59 Å². The van der Waals surface area contributed by atoms with Gasteiger partial charge in [-0.15, -0.1) is 0 Å². The average molecular weight is 290 g/mol. The van der Waals surface area contributed by atoms with E-state index in [0.717, 1.165) is 0 Å². The highest BCUT2D eigenvalue weighted by atomic mass is 16.4. The van der Waals surface area contributed by atoms with E-state index in [2.05, 4.69) is 0 Å². The highest BCUT2D eigenvalue weighted by Crippen LogP contribution is 1.97. The molecule has 0 saturated carbocycles. The van der Waals surface area contributed by atoms with Gasteiger partial charge in [-0.2, -0.15) is 0 Å². The number of nitrogens with two attached hydrogens (primary N) is 2. The molecular weight excluding hydrogens is 276 g/mol. The summed E-state index contributed by atoms with van der Waals surface area (Å²) in [5, 5.41) is 19.1. The Morgan fingerprint density at radius 3 is 1.75 bits per heavy atom. The van der Waals surface area contributed by atoms with Gasteiger partial charge in [-0.1, -0.05) is 0 Å². The second-order valence-electron chi connectivity index (χ2n) is 3.73. The van der Waals surface area contributed by atoms with E-state index < -0.39 is 55.3 Å². The van der Waals surface area contributed by atoms with E-state index in [1.165, 1.54) is 0 Å². The number of hydrogen-bond acceptors (Lipinski definition) is 5. The van der Waals surface area contributed by atoms with Gasteiger partial charge in [0.1, 0.15) is 19.1 Å². The molecule has 7 N–H and O–H groups in total. The van der Waals surface area contributed by atoms with Crippen LogP contribution in [0.5, 0.6) is 0 Å². The number of nitrogens with zero attached hydrogens (tertiary/aromatic N) is 1. The van der Waals surface area contributed by atoms with Crippen molar-refractivity contribution in [2.45, 2.75) is 12.5 Å². The summed E-state index contributed by atoms with van der Waals surface area (Å²) >= 11 is 0. The zero-order chi connectivity index (χ0) is 15.9. The number of urea groups is 1. The third-order valence-corrected chi connectivity index (χ3v) is 1.96. The number of carboxylic acid groups (broad SMARTS) is 2. The number of hydrogen-bond donors (Lipinski definition) is 5. The highest BCUT2D eigenvalue weighted by Gasteiger charge is 2.26. The fourth-order valence-corrected chi connectivity index (χ4v) is 1.19. The van der Waals surface area contributed by atoms with Gasteiger partial charge in [0.15, 0.2) is 0 Å². The average Bonchev–Trinajstić information content (AvgIpc) is 2.24. The van der Waals surface area contributed by atoms with Crippen LogP contribution < -0.4 is 16.8 Å². The van der Waals surface area contributed by atoms with E-state index in [1.54, 1.807) is 0 Å². The summed E-state index contributed by atoms with van der Waals surface area (Å²) in [4.78, 5) is 54.9. The summed E-state index contributed by atoms with van der Waals surface area (Å²) in [6, 6.07) is -2.86. The molecule has 4 amide bonds. The molecule has 0 aromatic rings. The van der Waals surface area contributed by atoms with Crippen molar-refractivity contribution >= 4 is 29.8 Å². The Morgan fingerprint density at radius 2 is 1.45 bits per heavy atom. The molecule has 0 aliphatic carbocycles. The Hall–Kier alpha value is -2.85. The summed E-state index contributed by atoms with van der Waals surface area (Å²) in [7, 11) is 0. The van der Waals surface area contributed by atoms with Crippen LogP contribution in [0.1, 0.15) is 6.42 Å². The van der Waals surface area contributed by atoms with Gasteiger partial charge >= 0.3 is 18.0 Å². The van der Waals surface area contributed by atoms with E-state index in [-0.39, 0.29) is 0 Å². The standard InChI is InChI=1S/C9H14N4O7/c10-5(14)2-13(3-6(11)15)9(20)12-4(8(18)19)1-7(16)17/h4H,1-3H2,(H2,10,14)(H2,11,15)(H,12,20)(H,16,17)(H,18,19). The first kappa shape index (κ1) is 17.2. The number of rotatable bonds is 8. The van der Waals surface area contributed by atoms with Crippen LogP contribution in [-0.4, -0.2) is 64.0 Å². The van der Waals surface area contributed by atoms with Crippen LogP contribution >= 0.6 is 0 Å². The molecule has 0 saturated heterocycles. The smallest absolute Gasteiger partial charge is 0.326 e. The molecule has 1 unspecified atom stereocenters. The van der Waals surface area contributed by atoms with Crippen LogP contribution in [0.3, 0.4) is 0 Å². The fourth-order valence-electron chi connectivity index (χ4n) is 1.19. The predicted octanol–water partition coefficient (Wildman–Crippen LogP) is -3.10. The first-order valence-corrected chi connectivity index (χ1v) is 5.20. The quantitative estimate of drug-likeness (QED) is 0.312. The summed E-state index contributed by atoms with van der Waals surface area (Å²) in [6.07, 6.45) is -0.873. The molecule has 0 radical (unpaired) electrons. The Balaban J connectivity index is 4.85. The minimum absolute atomic E-state index is 0.572. The van der Waals surface area contributed by atoms with Crippen molar-refractivity contribution in [2.24, 2.45) is 11.5 Å².